The maximum atomic E-state index is 11.1. The van der Waals surface area contributed by atoms with Crippen molar-refractivity contribution in [2.45, 2.75) is 46.2 Å². The lowest BCUT2D eigenvalue weighted by Gasteiger charge is -2.26. The molecule has 39 heavy (non-hydrogen) atoms. The molecule has 2 aromatic rings. The van der Waals surface area contributed by atoms with Crippen molar-refractivity contribution in [3.05, 3.63) is 57.6 Å². The predicted octanol–water partition coefficient (Wildman–Crippen LogP) is 3.23. The Morgan fingerprint density at radius 1 is 0.615 bits per heavy atom. The highest BCUT2D eigenvalue weighted by molar-refractivity contribution is 5.85. The van der Waals surface area contributed by atoms with E-state index in [2.05, 4.69) is 56.4 Å². The van der Waals surface area contributed by atoms with Crippen molar-refractivity contribution in [3.63, 3.8) is 0 Å². The lowest BCUT2D eigenvalue weighted by Crippen LogP contribution is -2.38. The van der Waals surface area contributed by atoms with Crippen molar-refractivity contribution in [2.24, 2.45) is 9.98 Å². The molecule has 3 aliphatic rings. The Kier molecular flexibility index (Phi) is 11.3. The molecule has 0 amide bonds. The Morgan fingerprint density at radius 2 is 1.08 bits per heavy atom. The van der Waals surface area contributed by atoms with Crippen molar-refractivity contribution < 1.29 is 10.2 Å². The fourth-order valence-electron chi connectivity index (χ4n) is 5.39. The molecule has 3 aliphatic heterocycles. The van der Waals surface area contributed by atoms with Gasteiger partial charge in [0.15, 0.2) is 0 Å². The van der Waals surface area contributed by atoms with E-state index in [0.717, 1.165) is 118 Å². The van der Waals surface area contributed by atoms with E-state index in [-0.39, 0.29) is 0 Å². The third kappa shape index (κ3) is 9.14. The van der Waals surface area contributed by atoms with Crippen LogP contribution in [0.3, 0.4) is 0 Å². The Balaban J connectivity index is 1.60. The number of nitrogens with one attached hydrogen (secondary N) is 2. The van der Waals surface area contributed by atoms with Gasteiger partial charge in [0.1, 0.15) is 11.5 Å². The van der Waals surface area contributed by atoms with Gasteiger partial charge in [-0.05, 0) is 82.5 Å². The number of rotatable bonds is 0. The number of hydrogen-bond acceptors (Lipinski definition) is 8. The van der Waals surface area contributed by atoms with Gasteiger partial charge in [-0.15, -0.1) is 0 Å². The van der Waals surface area contributed by atoms with Crippen molar-refractivity contribution >= 4 is 12.4 Å². The second kappa shape index (κ2) is 15.1. The lowest BCUT2D eigenvalue weighted by atomic mass is 10.0. The quantitative estimate of drug-likeness (QED) is 0.415. The van der Waals surface area contributed by atoms with Crippen LogP contribution in [0.4, 0.5) is 0 Å². The largest absolute Gasteiger partial charge is 0.507 e. The summed E-state index contributed by atoms with van der Waals surface area (Å²) in [6.07, 6.45) is 6.47. The third-order valence-electron chi connectivity index (χ3n) is 7.41. The highest BCUT2D eigenvalue weighted by Crippen LogP contribution is 2.26. The van der Waals surface area contributed by atoms with Crippen LogP contribution >= 0.6 is 0 Å². The molecule has 8 heteroatoms. The second-order valence-electron chi connectivity index (χ2n) is 10.9. The maximum Gasteiger partial charge on any atom is 0.128 e. The Bertz CT molecular complexity index is 1030. The number of aryl methyl sites for hydroxylation is 2. The molecule has 0 radical (unpaired) electrons. The number of hydrogen-bond donors (Lipinski definition) is 4. The number of aliphatic imine (C=N–C) groups is 2. The van der Waals surface area contributed by atoms with Crippen LogP contribution in [0.15, 0.2) is 34.3 Å². The molecule has 0 spiro atoms. The van der Waals surface area contributed by atoms with Crippen molar-refractivity contribution in [2.75, 3.05) is 65.4 Å². The van der Waals surface area contributed by atoms with Crippen LogP contribution in [0.2, 0.25) is 0 Å². The van der Waals surface area contributed by atoms with Crippen LogP contribution in [0.5, 0.6) is 11.5 Å². The van der Waals surface area contributed by atoms with E-state index in [9.17, 15) is 10.2 Å². The SMILES string of the molecule is Cc1cc2c(O)c(c1)CN1CCCNCCN(CCCNCC1)Cc1cc(C)cc(c1O)C=NCCCN=C2. The number of benzene rings is 2. The summed E-state index contributed by atoms with van der Waals surface area (Å²) in [6.45, 7) is 14.4. The van der Waals surface area contributed by atoms with Crippen molar-refractivity contribution in [1.29, 1.82) is 0 Å². The van der Waals surface area contributed by atoms with Gasteiger partial charge in [0.25, 0.3) is 0 Å². The molecular weight excluding hydrogens is 488 g/mol. The summed E-state index contributed by atoms with van der Waals surface area (Å²) in [7, 11) is 0. The van der Waals surface area contributed by atoms with Gasteiger partial charge in [-0.25, -0.2) is 0 Å². The minimum absolute atomic E-state index is 0.331. The summed E-state index contributed by atoms with van der Waals surface area (Å²) in [5.41, 5.74) is 5.72. The molecule has 6 bridgehead atoms. The first-order valence-electron chi connectivity index (χ1n) is 14.5. The van der Waals surface area contributed by atoms with E-state index >= 15 is 0 Å². The molecule has 4 N–H and O–H groups in total. The number of nitrogens with zero attached hydrogens (tertiary/aromatic N) is 4. The molecule has 5 rings (SSSR count). The standard InChI is InChI=1S/C31H46N6O2/c1-24-16-26-20-34-6-3-7-35-21-27-17-25(2)19-29(31(27)39)23-37-13-5-9-32-10-14-36(12-4-8-33-11-15-37)22-28(18-24)30(26)38/h16-21,32-33,38-39H,3-15,22-23H2,1-2H3. The predicted molar refractivity (Wildman–Crippen MR) is 161 cm³/mol. The maximum absolute atomic E-state index is 11.1. The Morgan fingerprint density at radius 3 is 1.54 bits per heavy atom. The first kappa shape index (κ1) is 29.2. The molecule has 0 aliphatic carbocycles. The van der Waals surface area contributed by atoms with Crippen molar-refractivity contribution in [1.82, 2.24) is 20.4 Å². The molecule has 2 unspecified atom stereocenters. The van der Waals surface area contributed by atoms with Gasteiger partial charge in [0.05, 0.1) is 0 Å². The van der Waals surface area contributed by atoms with E-state index in [1.165, 1.54) is 0 Å². The van der Waals surface area contributed by atoms with Crippen LogP contribution < -0.4 is 10.6 Å². The highest BCUT2D eigenvalue weighted by Gasteiger charge is 2.15. The molecule has 8 nitrogen and oxygen atoms in total. The summed E-state index contributed by atoms with van der Waals surface area (Å²) in [5.74, 6) is 0.661. The average molecular weight is 535 g/mol. The van der Waals surface area contributed by atoms with Crippen LogP contribution in [0.25, 0.3) is 0 Å². The highest BCUT2D eigenvalue weighted by atomic mass is 16.3. The summed E-state index contributed by atoms with van der Waals surface area (Å²) in [5, 5.41) is 29.4. The molecule has 1 saturated heterocycles. The Labute approximate surface area is 233 Å². The van der Waals surface area contributed by atoms with E-state index < -0.39 is 0 Å². The molecular formula is C31H46N6O2. The molecule has 3 heterocycles. The molecule has 1 fully saturated rings. The number of fused-ring (bicyclic) bond motifs is 14. The van der Waals surface area contributed by atoms with E-state index in [0.29, 0.717) is 24.6 Å². The number of aromatic hydroxyl groups is 2. The third-order valence-corrected chi connectivity index (χ3v) is 7.41. The lowest BCUT2D eigenvalue weighted by molar-refractivity contribution is 0.238. The summed E-state index contributed by atoms with van der Waals surface area (Å²) in [6, 6.07) is 8.19. The number of phenolic OH excluding ortho intramolecular Hbond substituents is 2. The van der Waals surface area contributed by atoms with E-state index in [1.807, 2.05) is 12.1 Å². The zero-order chi connectivity index (χ0) is 27.5. The minimum atomic E-state index is 0.331. The van der Waals surface area contributed by atoms with E-state index in [1.54, 1.807) is 12.4 Å². The fraction of sp³-hybridized carbons (Fsp3) is 0.548. The van der Waals surface area contributed by atoms with Crippen LogP contribution in [-0.4, -0.2) is 97.9 Å². The second-order valence-corrected chi connectivity index (χ2v) is 10.9. The molecule has 212 valence electrons. The van der Waals surface area contributed by atoms with Crippen LogP contribution in [-0.2, 0) is 13.1 Å². The van der Waals surface area contributed by atoms with Gasteiger partial charge >= 0.3 is 0 Å². The van der Waals surface area contributed by atoms with Gasteiger partial charge in [0.2, 0.25) is 0 Å². The van der Waals surface area contributed by atoms with Crippen LogP contribution in [0.1, 0.15) is 52.6 Å². The summed E-state index contributed by atoms with van der Waals surface area (Å²) < 4.78 is 0. The average Bonchev–Trinajstić information content (AvgIpc) is 2.90. The first-order chi connectivity index (χ1) is 19.0. The topological polar surface area (TPSA) is 95.7 Å². The van der Waals surface area contributed by atoms with Crippen molar-refractivity contribution in [3.8, 4) is 11.5 Å². The van der Waals surface area contributed by atoms with Gasteiger partial charge in [0, 0.05) is 87.0 Å². The summed E-state index contributed by atoms with van der Waals surface area (Å²) in [4.78, 5) is 14.0. The van der Waals surface area contributed by atoms with Crippen LogP contribution in [0, 0.1) is 13.8 Å². The zero-order valence-corrected chi connectivity index (χ0v) is 23.8. The monoisotopic (exact) mass is 534 g/mol. The molecule has 0 aromatic heterocycles. The minimum Gasteiger partial charge on any atom is -0.507 e. The summed E-state index contributed by atoms with van der Waals surface area (Å²) >= 11 is 0. The molecule has 2 atom stereocenters. The van der Waals surface area contributed by atoms with E-state index in [4.69, 9.17) is 0 Å². The van der Waals surface area contributed by atoms with Gasteiger partial charge < -0.3 is 20.8 Å². The number of phenols is 2. The Hall–Kier alpha value is -2.78. The zero-order valence-electron chi connectivity index (χ0n) is 23.8. The van der Waals surface area contributed by atoms with Gasteiger partial charge in [-0.2, -0.15) is 0 Å². The molecule has 0 saturated carbocycles. The molecule has 2 aromatic carbocycles. The normalized spacial score (nSPS) is 22.4. The first-order valence-corrected chi connectivity index (χ1v) is 14.5. The fourth-order valence-corrected chi connectivity index (χ4v) is 5.39. The van der Waals surface area contributed by atoms with Gasteiger partial charge in [-0.1, -0.05) is 12.1 Å². The van der Waals surface area contributed by atoms with Gasteiger partial charge in [-0.3, -0.25) is 19.8 Å². The smallest absolute Gasteiger partial charge is 0.128 e.